The Kier molecular flexibility index (Phi) is 5.75. The number of benzene rings is 1. The molecule has 4 nitrogen and oxygen atoms in total. The van der Waals surface area contributed by atoms with E-state index in [1.54, 1.807) is 32.1 Å². The largest absolute Gasteiger partial charge is 0.462 e. The van der Waals surface area contributed by atoms with Gasteiger partial charge in [-0.2, -0.15) is 5.26 Å². The molecule has 1 rings (SSSR count). The molecule has 0 bridgehead atoms. The summed E-state index contributed by atoms with van der Waals surface area (Å²) in [6, 6.07) is 9.02. The molecular weight excluding hydrogens is 252 g/mol. The van der Waals surface area contributed by atoms with Crippen molar-refractivity contribution >= 4 is 18.1 Å². The smallest absolute Gasteiger partial charge is 0.348 e. The van der Waals surface area contributed by atoms with Crippen molar-refractivity contribution in [2.75, 3.05) is 6.61 Å². The summed E-state index contributed by atoms with van der Waals surface area (Å²) < 4.78 is 4.79. The van der Waals surface area contributed by atoms with Crippen molar-refractivity contribution in [1.29, 1.82) is 5.26 Å². The summed E-state index contributed by atoms with van der Waals surface area (Å²) >= 11 is 0. The Hall–Kier alpha value is -2.85. The van der Waals surface area contributed by atoms with E-state index in [4.69, 9.17) is 16.6 Å². The minimum absolute atomic E-state index is 0.0347. The number of ether oxygens (including phenoxy) is 1. The maximum atomic E-state index is 11.5. The first-order valence-corrected chi connectivity index (χ1v) is 6.05. The molecule has 100 valence electrons. The highest BCUT2D eigenvalue weighted by molar-refractivity contribution is 5.97. The number of hydrogen-bond acceptors (Lipinski definition) is 3. The van der Waals surface area contributed by atoms with E-state index in [1.165, 1.54) is 6.08 Å². The average Bonchev–Trinajstić information content (AvgIpc) is 2.46. The molecule has 0 radical (unpaired) electrons. The molecule has 0 aliphatic heterocycles. The van der Waals surface area contributed by atoms with Gasteiger partial charge in [0.25, 0.3) is 0 Å². The van der Waals surface area contributed by atoms with Gasteiger partial charge in [0.2, 0.25) is 0 Å². The van der Waals surface area contributed by atoms with Crippen LogP contribution in [-0.4, -0.2) is 12.6 Å². The normalized spacial score (nSPS) is 11.4. The van der Waals surface area contributed by atoms with Crippen molar-refractivity contribution in [1.82, 2.24) is 0 Å². The topological polar surface area (TPSA) is 54.5 Å². The zero-order chi connectivity index (χ0) is 15.0. The number of esters is 1. The first kappa shape index (κ1) is 15.2. The van der Waals surface area contributed by atoms with E-state index >= 15 is 0 Å². The molecule has 0 saturated carbocycles. The van der Waals surface area contributed by atoms with Crippen molar-refractivity contribution in [2.45, 2.75) is 13.8 Å². The molecule has 0 aliphatic carbocycles. The van der Waals surface area contributed by atoms with Gasteiger partial charge in [-0.1, -0.05) is 30.3 Å². The van der Waals surface area contributed by atoms with Crippen molar-refractivity contribution in [3.63, 3.8) is 0 Å². The third-order valence-electron chi connectivity index (χ3n) is 2.42. The lowest BCUT2D eigenvalue weighted by Gasteiger charge is -2.00. The lowest BCUT2D eigenvalue weighted by molar-refractivity contribution is -0.137. The minimum Gasteiger partial charge on any atom is -0.462 e. The zero-order valence-corrected chi connectivity index (χ0v) is 11.4. The van der Waals surface area contributed by atoms with Crippen LogP contribution in [0.3, 0.4) is 0 Å². The number of carbonyl (C=O) groups excluding carboxylic acids is 1. The predicted molar refractivity (Wildman–Crippen MR) is 76.9 cm³/mol. The number of nitrogens with zero attached hydrogens (tertiary/aromatic N) is 2. The van der Waals surface area contributed by atoms with Gasteiger partial charge in [-0.25, -0.2) is 9.64 Å². The standard InChI is InChI=1S/C16H14N2O2/c1-4-20-16(19)15(11-17)10-14-7-5-13(6-8-14)9-12(2)18-3/h5-10H,4H2,1-2H3/b12-9+,15-10+. The summed E-state index contributed by atoms with van der Waals surface area (Å²) in [6.45, 7) is 10.5. The summed E-state index contributed by atoms with van der Waals surface area (Å²) in [5.41, 5.74) is 2.18. The Labute approximate surface area is 118 Å². The molecule has 0 fully saturated rings. The summed E-state index contributed by atoms with van der Waals surface area (Å²) in [6.07, 6.45) is 3.24. The van der Waals surface area contributed by atoms with Crippen LogP contribution in [0.1, 0.15) is 25.0 Å². The van der Waals surface area contributed by atoms with Crippen molar-refractivity contribution in [3.8, 4) is 6.07 Å². The molecule has 1 aromatic carbocycles. The van der Waals surface area contributed by atoms with Crippen molar-refractivity contribution < 1.29 is 9.53 Å². The second-order valence-corrected chi connectivity index (χ2v) is 3.95. The van der Waals surface area contributed by atoms with Gasteiger partial charge < -0.3 is 4.74 Å². The van der Waals surface area contributed by atoms with E-state index in [2.05, 4.69) is 4.85 Å². The van der Waals surface area contributed by atoms with Crippen LogP contribution in [0, 0.1) is 17.9 Å². The Bertz CT molecular complexity index is 626. The van der Waals surface area contributed by atoms with E-state index < -0.39 is 5.97 Å². The van der Waals surface area contributed by atoms with Crippen LogP contribution in [0.25, 0.3) is 17.0 Å². The number of rotatable bonds is 4. The Morgan fingerprint density at radius 1 is 1.35 bits per heavy atom. The van der Waals surface area contributed by atoms with Crippen molar-refractivity contribution in [3.05, 3.63) is 58.1 Å². The van der Waals surface area contributed by atoms with Gasteiger partial charge in [0.1, 0.15) is 11.6 Å². The summed E-state index contributed by atoms with van der Waals surface area (Å²) in [4.78, 5) is 14.8. The monoisotopic (exact) mass is 266 g/mol. The van der Waals surface area contributed by atoms with Crippen LogP contribution < -0.4 is 0 Å². The molecule has 1 aromatic rings. The molecule has 0 aromatic heterocycles. The van der Waals surface area contributed by atoms with Gasteiger partial charge >= 0.3 is 5.97 Å². The van der Waals surface area contributed by atoms with Gasteiger partial charge in [-0.15, -0.1) is 0 Å². The van der Waals surface area contributed by atoms with Crippen LogP contribution in [-0.2, 0) is 9.53 Å². The SMILES string of the molecule is [C-]#[N+]/C(C)=C/c1ccc(/C=C(\C#N)C(=O)OCC)cc1. The molecular formula is C16H14N2O2. The number of allylic oxidation sites excluding steroid dienone is 1. The van der Waals surface area contributed by atoms with Crippen LogP contribution in [0.15, 0.2) is 35.5 Å². The molecule has 20 heavy (non-hydrogen) atoms. The highest BCUT2D eigenvalue weighted by Crippen LogP contribution is 2.12. The van der Waals surface area contributed by atoms with E-state index in [1.807, 2.05) is 18.2 Å². The summed E-state index contributed by atoms with van der Waals surface area (Å²) in [5.74, 6) is -0.622. The lowest BCUT2D eigenvalue weighted by Crippen LogP contribution is -2.05. The fraction of sp³-hybridized carbons (Fsp3) is 0.188. The van der Waals surface area contributed by atoms with Crippen molar-refractivity contribution in [2.24, 2.45) is 0 Å². The van der Waals surface area contributed by atoms with Gasteiger partial charge in [0.05, 0.1) is 13.2 Å². The van der Waals surface area contributed by atoms with Gasteiger partial charge in [-0.05, 0) is 31.1 Å². The highest BCUT2D eigenvalue weighted by atomic mass is 16.5. The van der Waals surface area contributed by atoms with Gasteiger partial charge in [0, 0.05) is 0 Å². The lowest BCUT2D eigenvalue weighted by atomic mass is 10.1. The molecule has 0 unspecified atom stereocenters. The Morgan fingerprint density at radius 3 is 2.35 bits per heavy atom. The molecule has 0 atom stereocenters. The molecule has 0 N–H and O–H groups in total. The first-order chi connectivity index (χ1) is 9.60. The van der Waals surface area contributed by atoms with E-state index in [0.717, 1.165) is 11.1 Å². The van der Waals surface area contributed by atoms with Gasteiger partial charge in [-0.3, -0.25) is 0 Å². The first-order valence-electron chi connectivity index (χ1n) is 6.05. The molecule has 0 spiro atoms. The molecule has 0 aliphatic rings. The predicted octanol–water partition coefficient (Wildman–Crippen LogP) is 3.44. The van der Waals surface area contributed by atoms with E-state index in [0.29, 0.717) is 5.70 Å². The third-order valence-corrected chi connectivity index (χ3v) is 2.42. The Morgan fingerprint density at radius 2 is 1.90 bits per heavy atom. The second-order valence-electron chi connectivity index (χ2n) is 3.95. The number of nitriles is 1. The molecule has 4 heteroatoms. The molecule has 0 amide bonds. The quantitative estimate of drug-likeness (QED) is 0.363. The Balaban J connectivity index is 2.97. The highest BCUT2D eigenvalue weighted by Gasteiger charge is 2.09. The van der Waals surface area contributed by atoms with Crippen LogP contribution in [0.4, 0.5) is 0 Å². The van der Waals surface area contributed by atoms with Crippen LogP contribution >= 0.6 is 0 Å². The average molecular weight is 266 g/mol. The van der Waals surface area contributed by atoms with E-state index in [9.17, 15) is 4.79 Å². The zero-order valence-electron chi connectivity index (χ0n) is 11.4. The second kappa shape index (κ2) is 7.56. The maximum Gasteiger partial charge on any atom is 0.348 e. The fourth-order valence-electron chi connectivity index (χ4n) is 1.47. The van der Waals surface area contributed by atoms with Crippen LogP contribution in [0.2, 0.25) is 0 Å². The van der Waals surface area contributed by atoms with E-state index in [-0.39, 0.29) is 12.2 Å². The molecule has 0 saturated heterocycles. The van der Waals surface area contributed by atoms with Crippen LogP contribution in [0.5, 0.6) is 0 Å². The maximum absolute atomic E-state index is 11.5. The third kappa shape index (κ3) is 4.44. The number of carbonyl (C=O) groups is 1. The summed E-state index contributed by atoms with van der Waals surface area (Å²) in [5, 5.41) is 8.93. The fourth-order valence-corrected chi connectivity index (χ4v) is 1.47. The molecule has 0 heterocycles. The number of hydrogen-bond donors (Lipinski definition) is 0. The summed E-state index contributed by atoms with van der Waals surface area (Å²) in [7, 11) is 0. The van der Waals surface area contributed by atoms with Gasteiger partial charge in [0.15, 0.2) is 5.70 Å². The minimum atomic E-state index is -0.622.